The van der Waals surface area contributed by atoms with Gasteiger partial charge in [0, 0.05) is 18.5 Å². The molecule has 4 heteroatoms. The first-order valence-electron chi connectivity index (χ1n) is 5.42. The molecule has 90 valence electrons. The topological polar surface area (TPSA) is 40.5 Å². The van der Waals surface area contributed by atoms with Gasteiger partial charge in [-0.15, -0.1) is 11.3 Å². The maximum atomic E-state index is 12.0. The minimum Gasteiger partial charge on any atom is -0.393 e. The Bertz CT molecular complexity index is 352. The summed E-state index contributed by atoms with van der Waals surface area (Å²) in [5.41, 5.74) is 1.16. The summed E-state index contributed by atoms with van der Waals surface area (Å²) >= 11 is 1.53. The molecule has 0 fully saturated rings. The van der Waals surface area contributed by atoms with Crippen LogP contribution in [-0.4, -0.2) is 35.6 Å². The molecule has 0 aliphatic heterocycles. The summed E-state index contributed by atoms with van der Waals surface area (Å²) in [4.78, 5) is 15.6. The first-order chi connectivity index (χ1) is 7.41. The molecule has 0 saturated carbocycles. The summed E-state index contributed by atoms with van der Waals surface area (Å²) in [5, 5.41) is 9.17. The second-order valence-corrected chi connectivity index (χ2v) is 5.47. The van der Waals surface area contributed by atoms with Crippen LogP contribution >= 0.6 is 11.3 Å². The number of amides is 1. The van der Waals surface area contributed by atoms with Crippen LogP contribution < -0.4 is 0 Å². The van der Waals surface area contributed by atoms with E-state index in [2.05, 4.69) is 0 Å². The van der Waals surface area contributed by atoms with Crippen LogP contribution in [0.25, 0.3) is 0 Å². The molecule has 0 spiro atoms. The summed E-state index contributed by atoms with van der Waals surface area (Å²) in [6.45, 7) is 6.36. The number of carbonyl (C=O) groups excluding carboxylic acids is 1. The summed E-state index contributed by atoms with van der Waals surface area (Å²) in [5.74, 6) is 0.0434. The molecular formula is C12H19NO2S. The Morgan fingerprint density at radius 3 is 2.62 bits per heavy atom. The summed E-state index contributed by atoms with van der Waals surface area (Å²) in [6, 6.07) is 1.93. The molecule has 0 aliphatic carbocycles. The van der Waals surface area contributed by atoms with Gasteiger partial charge in [-0.25, -0.2) is 0 Å². The Balaban J connectivity index is 2.63. The van der Waals surface area contributed by atoms with Gasteiger partial charge in [-0.2, -0.15) is 0 Å². The van der Waals surface area contributed by atoms with Crippen molar-refractivity contribution in [3.63, 3.8) is 0 Å². The maximum absolute atomic E-state index is 12.0. The molecule has 1 N–H and O–H groups in total. The highest BCUT2D eigenvalue weighted by Gasteiger charge is 2.15. The summed E-state index contributed by atoms with van der Waals surface area (Å²) in [6.07, 6.45) is 0.257. The Hall–Kier alpha value is -0.870. The number of nitrogens with zero attached hydrogens (tertiary/aromatic N) is 1. The number of aryl methyl sites for hydroxylation is 2. The molecule has 0 radical (unpaired) electrons. The third-order valence-electron chi connectivity index (χ3n) is 2.61. The number of aliphatic hydroxyl groups excluding tert-OH is 1. The molecule has 1 rings (SSSR count). The molecule has 1 aromatic heterocycles. The van der Waals surface area contributed by atoms with E-state index >= 15 is 0 Å². The Labute approximate surface area is 101 Å². The molecular weight excluding hydrogens is 222 g/mol. The van der Waals surface area contributed by atoms with Gasteiger partial charge >= 0.3 is 0 Å². The number of carbonyl (C=O) groups is 1. The zero-order valence-corrected chi connectivity index (χ0v) is 11.1. The second kappa shape index (κ2) is 5.46. The summed E-state index contributed by atoms with van der Waals surface area (Å²) in [7, 11) is 1.77. The van der Waals surface area contributed by atoms with Gasteiger partial charge in [0.05, 0.1) is 11.0 Å². The van der Waals surface area contributed by atoms with Gasteiger partial charge in [-0.05, 0) is 38.8 Å². The lowest BCUT2D eigenvalue weighted by Gasteiger charge is -2.16. The predicted octanol–water partition coefficient (Wildman–Crippen LogP) is 2.21. The maximum Gasteiger partial charge on any atom is 0.263 e. The number of aliphatic hydroxyl groups is 1. The zero-order chi connectivity index (χ0) is 12.3. The molecule has 0 aromatic carbocycles. The van der Waals surface area contributed by atoms with Gasteiger partial charge in [0.25, 0.3) is 5.91 Å². The van der Waals surface area contributed by atoms with Crippen molar-refractivity contribution in [2.45, 2.75) is 33.3 Å². The van der Waals surface area contributed by atoms with Crippen LogP contribution in [0.2, 0.25) is 0 Å². The normalized spacial score (nSPS) is 12.6. The number of rotatable bonds is 4. The SMILES string of the molecule is Cc1cc(C(=O)N(C)CCC(C)O)sc1C. The van der Waals surface area contributed by atoms with Gasteiger partial charge in [0.2, 0.25) is 0 Å². The van der Waals surface area contributed by atoms with Crippen molar-refractivity contribution < 1.29 is 9.90 Å². The van der Waals surface area contributed by atoms with E-state index in [1.807, 2.05) is 19.9 Å². The highest BCUT2D eigenvalue weighted by Crippen LogP contribution is 2.21. The largest absolute Gasteiger partial charge is 0.393 e. The van der Waals surface area contributed by atoms with Crippen LogP contribution in [-0.2, 0) is 0 Å². The number of hydrogen-bond acceptors (Lipinski definition) is 3. The van der Waals surface area contributed by atoms with Crippen molar-refractivity contribution in [3.05, 3.63) is 21.4 Å². The quantitative estimate of drug-likeness (QED) is 0.878. The van der Waals surface area contributed by atoms with Crippen molar-refractivity contribution in [3.8, 4) is 0 Å². The second-order valence-electron chi connectivity index (χ2n) is 4.21. The summed E-state index contributed by atoms with van der Waals surface area (Å²) < 4.78 is 0. The lowest BCUT2D eigenvalue weighted by Crippen LogP contribution is -2.28. The predicted molar refractivity (Wildman–Crippen MR) is 67.1 cm³/mol. The lowest BCUT2D eigenvalue weighted by atomic mass is 10.2. The molecule has 1 atom stereocenters. The molecule has 1 amide bonds. The Kier molecular flexibility index (Phi) is 4.50. The van der Waals surface area contributed by atoms with E-state index in [0.29, 0.717) is 13.0 Å². The third-order valence-corrected chi connectivity index (χ3v) is 3.75. The standard InChI is InChI=1S/C12H19NO2S/c1-8-7-11(16-10(8)3)12(15)13(4)6-5-9(2)14/h7,9,14H,5-6H2,1-4H3. The average Bonchev–Trinajstić information content (AvgIpc) is 2.54. The fourth-order valence-corrected chi connectivity index (χ4v) is 2.38. The van der Waals surface area contributed by atoms with Crippen molar-refractivity contribution >= 4 is 17.2 Å². The van der Waals surface area contributed by atoms with Crippen LogP contribution in [0.5, 0.6) is 0 Å². The van der Waals surface area contributed by atoms with Crippen molar-refractivity contribution in [1.29, 1.82) is 0 Å². The van der Waals surface area contributed by atoms with Crippen molar-refractivity contribution in [2.24, 2.45) is 0 Å². The number of thiophene rings is 1. The van der Waals surface area contributed by atoms with Gasteiger partial charge in [-0.3, -0.25) is 4.79 Å². The molecule has 1 unspecified atom stereocenters. The molecule has 0 aliphatic rings. The van der Waals surface area contributed by atoms with E-state index in [1.54, 1.807) is 18.9 Å². The van der Waals surface area contributed by atoms with E-state index in [9.17, 15) is 4.79 Å². The van der Waals surface area contributed by atoms with Crippen LogP contribution in [0.4, 0.5) is 0 Å². The van der Waals surface area contributed by atoms with Gasteiger partial charge in [0.15, 0.2) is 0 Å². The van der Waals surface area contributed by atoms with Crippen LogP contribution in [0.15, 0.2) is 6.07 Å². The minimum atomic E-state index is -0.359. The smallest absolute Gasteiger partial charge is 0.263 e. The van der Waals surface area contributed by atoms with E-state index < -0.39 is 0 Å². The van der Waals surface area contributed by atoms with E-state index in [1.165, 1.54) is 16.2 Å². The van der Waals surface area contributed by atoms with Crippen molar-refractivity contribution in [1.82, 2.24) is 4.90 Å². The van der Waals surface area contributed by atoms with Gasteiger partial charge < -0.3 is 10.0 Å². The zero-order valence-electron chi connectivity index (χ0n) is 10.3. The molecule has 3 nitrogen and oxygen atoms in total. The van der Waals surface area contributed by atoms with E-state index in [0.717, 1.165) is 10.4 Å². The van der Waals surface area contributed by atoms with Crippen molar-refractivity contribution in [2.75, 3.05) is 13.6 Å². The van der Waals surface area contributed by atoms with E-state index in [-0.39, 0.29) is 12.0 Å². The molecule has 0 bridgehead atoms. The minimum absolute atomic E-state index is 0.0434. The van der Waals surface area contributed by atoms with Crippen LogP contribution in [0.1, 0.15) is 33.5 Å². The first kappa shape index (κ1) is 13.2. The highest BCUT2D eigenvalue weighted by atomic mass is 32.1. The monoisotopic (exact) mass is 241 g/mol. The third kappa shape index (κ3) is 3.32. The highest BCUT2D eigenvalue weighted by molar-refractivity contribution is 7.14. The fraction of sp³-hybridized carbons (Fsp3) is 0.583. The van der Waals surface area contributed by atoms with Gasteiger partial charge in [-0.1, -0.05) is 0 Å². The molecule has 0 saturated heterocycles. The first-order valence-corrected chi connectivity index (χ1v) is 6.24. The fourth-order valence-electron chi connectivity index (χ4n) is 1.35. The molecule has 1 heterocycles. The van der Waals surface area contributed by atoms with E-state index in [4.69, 9.17) is 5.11 Å². The van der Waals surface area contributed by atoms with Crippen LogP contribution in [0, 0.1) is 13.8 Å². The molecule has 1 aromatic rings. The van der Waals surface area contributed by atoms with Crippen LogP contribution in [0.3, 0.4) is 0 Å². The Morgan fingerprint density at radius 2 is 2.19 bits per heavy atom. The Morgan fingerprint density at radius 1 is 1.56 bits per heavy atom. The number of hydrogen-bond donors (Lipinski definition) is 1. The average molecular weight is 241 g/mol. The van der Waals surface area contributed by atoms with Gasteiger partial charge in [0.1, 0.15) is 0 Å². The molecule has 16 heavy (non-hydrogen) atoms. The lowest BCUT2D eigenvalue weighted by molar-refractivity contribution is 0.0773.